The maximum Gasteiger partial charge on any atom is 0.416 e. The number of ketones is 1. The summed E-state index contributed by atoms with van der Waals surface area (Å²) in [6.45, 7) is 0. The number of fused-ring (bicyclic) bond motifs is 3. The molecule has 0 amide bonds. The van der Waals surface area contributed by atoms with Crippen molar-refractivity contribution in [1.29, 1.82) is 0 Å². The zero-order chi connectivity index (χ0) is 19.2. The molecule has 2 aromatic carbocycles. The van der Waals surface area contributed by atoms with Crippen molar-refractivity contribution >= 4 is 11.5 Å². The van der Waals surface area contributed by atoms with Crippen molar-refractivity contribution in [2.75, 3.05) is 12.0 Å². The second kappa shape index (κ2) is 6.59. The first-order chi connectivity index (χ1) is 12.9. The van der Waals surface area contributed by atoms with Crippen LogP contribution in [0.1, 0.15) is 36.4 Å². The van der Waals surface area contributed by atoms with E-state index in [2.05, 4.69) is 4.90 Å². The number of Topliss-reactive ketones (excluding diaryl/α,β-unsaturated/α-hetero) is 1. The Morgan fingerprint density at radius 3 is 2.22 bits per heavy atom. The highest BCUT2D eigenvalue weighted by molar-refractivity contribution is 5.86. The minimum absolute atomic E-state index is 0.0724. The monoisotopic (exact) mass is 375 g/mol. The fourth-order valence-electron chi connectivity index (χ4n) is 4.40. The molecule has 0 radical (unpaired) electrons. The number of piperidine rings is 2. The lowest BCUT2D eigenvalue weighted by atomic mass is 9.71. The first kappa shape index (κ1) is 17.9. The van der Waals surface area contributed by atoms with Crippen molar-refractivity contribution < 1.29 is 22.7 Å². The van der Waals surface area contributed by atoms with Crippen LogP contribution in [0.25, 0.3) is 0 Å². The molecule has 1 saturated carbocycles. The molecule has 1 aliphatic carbocycles. The van der Waals surface area contributed by atoms with Gasteiger partial charge in [-0.1, -0.05) is 12.1 Å². The van der Waals surface area contributed by atoms with Crippen LogP contribution in [-0.4, -0.2) is 18.9 Å². The summed E-state index contributed by atoms with van der Waals surface area (Å²) in [5, 5.41) is 0. The molecule has 2 aliphatic heterocycles. The molecular weight excluding hydrogens is 355 g/mol. The summed E-state index contributed by atoms with van der Waals surface area (Å²) in [4.78, 5) is 14.7. The third kappa shape index (κ3) is 3.17. The van der Waals surface area contributed by atoms with Gasteiger partial charge in [0.2, 0.25) is 0 Å². The van der Waals surface area contributed by atoms with Gasteiger partial charge in [-0.3, -0.25) is 4.79 Å². The molecular formula is C21H20F3NO2. The summed E-state index contributed by atoms with van der Waals surface area (Å²) < 4.78 is 43.9. The molecule has 2 saturated heterocycles. The molecule has 3 atom stereocenters. The largest absolute Gasteiger partial charge is 0.497 e. The Labute approximate surface area is 155 Å². The molecule has 2 aromatic rings. The summed E-state index contributed by atoms with van der Waals surface area (Å²) in [7, 11) is 1.60. The van der Waals surface area contributed by atoms with E-state index in [0.29, 0.717) is 6.42 Å². The minimum atomic E-state index is -4.37. The maximum absolute atomic E-state index is 12.9. The van der Waals surface area contributed by atoms with E-state index in [1.165, 1.54) is 12.1 Å². The highest BCUT2D eigenvalue weighted by Crippen LogP contribution is 2.48. The van der Waals surface area contributed by atoms with Gasteiger partial charge in [0.05, 0.1) is 18.7 Å². The van der Waals surface area contributed by atoms with Crippen molar-refractivity contribution in [1.82, 2.24) is 0 Å². The van der Waals surface area contributed by atoms with E-state index < -0.39 is 11.7 Å². The van der Waals surface area contributed by atoms with E-state index in [4.69, 9.17) is 4.74 Å². The Morgan fingerprint density at radius 2 is 1.67 bits per heavy atom. The quantitative estimate of drug-likeness (QED) is 0.755. The molecule has 27 heavy (non-hydrogen) atoms. The highest BCUT2D eigenvalue weighted by Gasteiger charge is 2.47. The van der Waals surface area contributed by atoms with Gasteiger partial charge >= 0.3 is 6.18 Å². The fraction of sp³-hybridized carbons (Fsp3) is 0.381. The average molecular weight is 375 g/mol. The van der Waals surface area contributed by atoms with Crippen LogP contribution < -0.4 is 9.64 Å². The SMILES string of the molecule is COc1ccc(N2[C@H]3CC[C@H](C(=O)C3)[C@H]2c2ccc(C(F)(F)F)cc2)cc1. The number of methoxy groups -OCH3 is 1. The zero-order valence-corrected chi connectivity index (χ0v) is 14.9. The van der Waals surface area contributed by atoms with Gasteiger partial charge in [0.25, 0.3) is 0 Å². The van der Waals surface area contributed by atoms with Crippen molar-refractivity contribution in [3.63, 3.8) is 0 Å². The van der Waals surface area contributed by atoms with Gasteiger partial charge in [-0.25, -0.2) is 0 Å². The lowest BCUT2D eigenvalue weighted by Crippen LogP contribution is -2.54. The molecule has 6 heteroatoms. The van der Waals surface area contributed by atoms with E-state index in [1.807, 2.05) is 24.3 Å². The summed E-state index contributed by atoms with van der Waals surface area (Å²) in [5.41, 5.74) is 1.04. The number of rotatable bonds is 3. The van der Waals surface area contributed by atoms with Gasteiger partial charge < -0.3 is 9.64 Å². The standard InChI is InChI=1S/C21H20F3NO2/c1-27-17-9-6-15(7-10-17)25-16-8-11-18(19(26)12-16)20(25)13-2-4-14(5-3-13)21(22,23)24/h2-7,9-10,16,18,20H,8,11-12H2,1H3/t16-,18+,20+/m0/s1. The van der Waals surface area contributed by atoms with Gasteiger partial charge in [-0.05, 0) is 54.8 Å². The van der Waals surface area contributed by atoms with Crippen molar-refractivity contribution in [3.05, 3.63) is 59.7 Å². The van der Waals surface area contributed by atoms with Gasteiger partial charge in [-0.15, -0.1) is 0 Å². The molecule has 0 N–H and O–H groups in total. The number of ether oxygens (including phenoxy) is 1. The first-order valence-corrected chi connectivity index (χ1v) is 9.01. The molecule has 2 bridgehead atoms. The Morgan fingerprint density at radius 1 is 1.00 bits per heavy atom. The van der Waals surface area contributed by atoms with Crippen LogP contribution in [-0.2, 0) is 11.0 Å². The Bertz CT molecular complexity index is 830. The molecule has 0 aromatic heterocycles. The van der Waals surface area contributed by atoms with Crippen LogP contribution in [0.5, 0.6) is 5.75 Å². The predicted molar refractivity (Wildman–Crippen MR) is 95.8 cm³/mol. The number of halogens is 3. The molecule has 5 rings (SSSR count). The Hall–Kier alpha value is -2.50. The van der Waals surface area contributed by atoms with Crippen LogP contribution in [0.15, 0.2) is 48.5 Å². The lowest BCUT2D eigenvalue weighted by molar-refractivity contribution is -0.137. The average Bonchev–Trinajstić information content (AvgIpc) is 2.67. The number of benzene rings is 2. The second-order valence-electron chi connectivity index (χ2n) is 7.18. The van der Waals surface area contributed by atoms with Gasteiger partial charge in [0.1, 0.15) is 11.5 Å². The number of carbonyl (C=O) groups is 1. The normalized spacial score (nSPS) is 25.0. The Balaban J connectivity index is 1.73. The van der Waals surface area contributed by atoms with Crippen molar-refractivity contribution in [3.8, 4) is 5.75 Å². The van der Waals surface area contributed by atoms with Crippen molar-refractivity contribution in [2.45, 2.75) is 37.5 Å². The van der Waals surface area contributed by atoms with E-state index >= 15 is 0 Å². The number of carbonyl (C=O) groups excluding carboxylic acids is 1. The molecule has 142 valence electrons. The molecule has 2 heterocycles. The van der Waals surface area contributed by atoms with Gasteiger partial charge in [0.15, 0.2) is 0 Å². The molecule has 3 aliphatic rings. The molecule has 3 fully saturated rings. The maximum atomic E-state index is 12.9. The lowest BCUT2D eigenvalue weighted by Gasteiger charge is -2.52. The third-order valence-corrected chi connectivity index (χ3v) is 5.69. The van der Waals surface area contributed by atoms with E-state index in [1.54, 1.807) is 7.11 Å². The van der Waals surface area contributed by atoms with E-state index in [0.717, 1.165) is 42.0 Å². The molecule has 3 nitrogen and oxygen atoms in total. The highest BCUT2D eigenvalue weighted by atomic mass is 19.4. The van der Waals surface area contributed by atoms with Gasteiger partial charge in [-0.2, -0.15) is 13.2 Å². The van der Waals surface area contributed by atoms with Crippen LogP contribution in [0.2, 0.25) is 0 Å². The van der Waals surface area contributed by atoms with E-state index in [9.17, 15) is 18.0 Å². The summed E-state index contributed by atoms with van der Waals surface area (Å²) >= 11 is 0. The van der Waals surface area contributed by atoms with Crippen LogP contribution in [0.4, 0.5) is 18.9 Å². The second-order valence-corrected chi connectivity index (χ2v) is 7.18. The molecule has 0 spiro atoms. The number of hydrogen-bond acceptors (Lipinski definition) is 3. The fourth-order valence-corrected chi connectivity index (χ4v) is 4.40. The smallest absolute Gasteiger partial charge is 0.416 e. The summed E-state index contributed by atoms with van der Waals surface area (Å²) in [5.74, 6) is 0.762. The number of anilines is 1. The number of hydrogen-bond donors (Lipinski definition) is 0. The first-order valence-electron chi connectivity index (χ1n) is 9.01. The van der Waals surface area contributed by atoms with Crippen LogP contribution >= 0.6 is 0 Å². The van der Waals surface area contributed by atoms with Crippen LogP contribution in [0, 0.1) is 5.92 Å². The number of nitrogens with zero attached hydrogens (tertiary/aromatic N) is 1. The van der Waals surface area contributed by atoms with Gasteiger partial charge in [0, 0.05) is 24.1 Å². The summed E-state index contributed by atoms with van der Waals surface area (Å²) in [6, 6.07) is 12.7. The van der Waals surface area contributed by atoms with Crippen molar-refractivity contribution in [2.24, 2.45) is 5.92 Å². The summed E-state index contributed by atoms with van der Waals surface area (Å²) in [6.07, 6.45) is -2.18. The number of alkyl halides is 3. The topological polar surface area (TPSA) is 29.5 Å². The predicted octanol–water partition coefficient (Wildman–Crippen LogP) is 5.01. The molecule has 0 unspecified atom stereocenters. The zero-order valence-electron chi connectivity index (χ0n) is 14.9. The van der Waals surface area contributed by atoms with Crippen LogP contribution in [0.3, 0.4) is 0 Å². The minimum Gasteiger partial charge on any atom is -0.497 e. The third-order valence-electron chi connectivity index (χ3n) is 5.69. The van der Waals surface area contributed by atoms with E-state index in [-0.39, 0.29) is 23.8 Å². The Kier molecular flexibility index (Phi) is 4.36.